The molecule has 5 nitrogen and oxygen atoms in total. The van der Waals surface area contributed by atoms with Gasteiger partial charge in [-0.25, -0.2) is 4.98 Å². The summed E-state index contributed by atoms with van der Waals surface area (Å²) in [6.07, 6.45) is 1.52. The molecule has 3 aromatic rings. The van der Waals surface area contributed by atoms with Crippen LogP contribution in [0.3, 0.4) is 0 Å². The Balaban J connectivity index is 2.00. The fraction of sp³-hybridized carbons (Fsp3) is 0.125. The Bertz CT molecular complexity index is 808. The van der Waals surface area contributed by atoms with E-state index in [0.29, 0.717) is 12.2 Å². The van der Waals surface area contributed by atoms with E-state index in [2.05, 4.69) is 10.3 Å². The van der Waals surface area contributed by atoms with E-state index in [0.717, 1.165) is 10.9 Å². The molecule has 0 atom stereocenters. The van der Waals surface area contributed by atoms with Gasteiger partial charge in [-0.15, -0.1) is 0 Å². The van der Waals surface area contributed by atoms with Gasteiger partial charge in [-0.2, -0.15) is 0 Å². The molecule has 0 fully saturated rings. The smallest absolute Gasteiger partial charge is 0.273 e. The maximum atomic E-state index is 12.4. The summed E-state index contributed by atoms with van der Waals surface area (Å²) in [6, 6.07) is 12.8. The Hall–Kier alpha value is -2.82. The Morgan fingerprint density at radius 1 is 1.29 bits per heavy atom. The van der Waals surface area contributed by atoms with Crippen LogP contribution in [-0.2, 0) is 6.54 Å². The van der Waals surface area contributed by atoms with Gasteiger partial charge in [-0.3, -0.25) is 4.79 Å². The summed E-state index contributed by atoms with van der Waals surface area (Å²) in [7, 11) is 0. The Morgan fingerprint density at radius 3 is 2.86 bits per heavy atom. The van der Waals surface area contributed by atoms with E-state index in [1.807, 2.05) is 41.8 Å². The first-order valence-electron chi connectivity index (χ1n) is 6.74. The number of para-hydroxylation sites is 1. The molecule has 2 aromatic heterocycles. The highest BCUT2D eigenvalue weighted by molar-refractivity contribution is 6.06. The maximum absolute atomic E-state index is 12.4. The van der Waals surface area contributed by atoms with Gasteiger partial charge in [0.25, 0.3) is 5.91 Å². The topological polar surface area (TPSA) is 67.2 Å². The van der Waals surface area contributed by atoms with E-state index in [4.69, 9.17) is 0 Å². The number of carbonyl (C=O) groups excluding carboxylic acids is 1. The van der Waals surface area contributed by atoms with Crippen LogP contribution in [0.2, 0.25) is 0 Å². The highest BCUT2D eigenvalue weighted by Crippen LogP contribution is 2.23. The average molecular weight is 281 g/mol. The van der Waals surface area contributed by atoms with Crippen LogP contribution in [0.1, 0.15) is 17.4 Å². The molecule has 0 aliphatic rings. The van der Waals surface area contributed by atoms with Gasteiger partial charge < -0.3 is 15.0 Å². The molecule has 0 aliphatic carbocycles. The first kappa shape index (κ1) is 13.2. The molecule has 3 rings (SSSR count). The van der Waals surface area contributed by atoms with Crippen molar-refractivity contribution in [1.82, 2.24) is 9.55 Å². The van der Waals surface area contributed by atoms with Crippen molar-refractivity contribution in [3.63, 3.8) is 0 Å². The van der Waals surface area contributed by atoms with Gasteiger partial charge in [0.1, 0.15) is 5.69 Å². The van der Waals surface area contributed by atoms with Crippen LogP contribution in [0.4, 0.5) is 5.82 Å². The molecule has 0 aliphatic heterocycles. The number of benzene rings is 1. The van der Waals surface area contributed by atoms with Crippen molar-refractivity contribution in [3.8, 4) is 5.75 Å². The van der Waals surface area contributed by atoms with E-state index < -0.39 is 0 Å². The zero-order valence-electron chi connectivity index (χ0n) is 11.6. The lowest BCUT2D eigenvalue weighted by Crippen LogP contribution is -2.17. The number of aryl methyl sites for hydroxylation is 1. The largest absolute Gasteiger partial charge is 0.504 e. The number of fused-ring (bicyclic) bond motifs is 1. The van der Waals surface area contributed by atoms with Crippen LogP contribution in [0, 0.1) is 0 Å². The van der Waals surface area contributed by atoms with Crippen LogP contribution in [0.5, 0.6) is 5.75 Å². The summed E-state index contributed by atoms with van der Waals surface area (Å²) in [5, 5.41) is 13.3. The lowest BCUT2D eigenvalue weighted by Gasteiger charge is -2.09. The fourth-order valence-corrected chi connectivity index (χ4v) is 2.40. The van der Waals surface area contributed by atoms with E-state index in [9.17, 15) is 9.90 Å². The zero-order chi connectivity index (χ0) is 14.8. The minimum Gasteiger partial charge on any atom is -0.504 e. The van der Waals surface area contributed by atoms with E-state index in [1.54, 1.807) is 6.07 Å². The van der Waals surface area contributed by atoms with Gasteiger partial charge in [0.2, 0.25) is 0 Å². The van der Waals surface area contributed by atoms with Gasteiger partial charge in [0.15, 0.2) is 11.6 Å². The number of pyridine rings is 1. The van der Waals surface area contributed by atoms with Crippen LogP contribution >= 0.6 is 0 Å². The summed E-state index contributed by atoms with van der Waals surface area (Å²) in [4.78, 5) is 16.4. The number of rotatable bonds is 3. The third-order valence-corrected chi connectivity index (χ3v) is 3.38. The minimum atomic E-state index is -0.290. The fourth-order valence-electron chi connectivity index (χ4n) is 2.40. The second-order valence-electron chi connectivity index (χ2n) is 4.66. The summed E-state index contributed by atoms with van der Waals surface area (Å²) in [6.45, 7) is 2.67. The summed E-state index contributed by atoms with van der Waals surface area (Å²) in [5.74, 6) is -0.178. The number of amides is 1. The van der Waals surface area contributed by atoms with Gasteiger partial charge in [0.05, 0.1) is 0 Å². The molecular weight excluding hydrogens is 266 g/mol. The Morgan fingerprint density at radius 2 is 2.10 bits per heavy atom. The second-order valence-corrected chi connectivity index (χ2v) is 4.66. The molecule has 2 N–H and O–H groups in total. The highest BCUT2D eigenvalue weighted by Gasteiger charge is 2.16. The van der Waals surface area contributed by atoms with Crippen molar-refractivity contribution in [2.24, 2.45) is 0 Å². The molecule has 1 aromatic carbocycles. The minimum absolute atomic E-state index is 0.0509. The highest BCUT2D eigenvalue weighted by atomic mass is 16.3. The molecule has 0 radical (unpaired) electrons. The molecule has 2 heterocycles. The summed E-state index contributed by atoms with van der Waals surface area (Å²) < 4.78 is 1.94. The molecule has 0 saturated heterocycles. The SMILES string of the molecule is CCn1c(C(=O)Nc2ncccc2O)cc2ccccc21. The number of hydrogen-bond acceptors (Lipinski definition) is 3. The standard InChI is InChI=1S/C16H15N3O2/c1-2-19-12-7-4-3-6-11(12)10-13(19)16(21)18-15-14(20)8-5-9-17-15/h3-10,20H,2H2,1H3,(H,17,18,21). The van der Waals surface area contributed by atoms with Gasteiger partial charge >= 0.3 is 0 Å². The third kappa shape index (κ3) is 2.33. The predicted molar refractivity (Wildman–Crippen MR) is 81.5 cm³/mol. The molecule has 106 valence electrons. The average Bonchev–Trinajstić information content (AvgIpc) is 2.88. The molecular formula is C16H15N3O2. The number of nitrogens with one attached hydrogen (secondary N) is 1. The number of carbonyl (C=O) groups is 1. The molecule has 0 spiro atoms. The van der Waals surface area contributed by atoms with Crippen molar-refractivity contribution in [3.05, 3.63) is 54.4 Å². The summed E-state index contributed by atoms with van der Waals surface area (Å²) in [5.41, 5.74) is 1.55. The molecule has 0 bridgehead atoms. The monoisotopic (exact) mass is 281 g/mol. The molecule has 21 heavy (non-hydrogen) atoms. The van der Waals surface area contributed by atoms with Crippen molar-refractivity contribution in [2.75, 3.05) is 5.32 Å². The van der Waals surface area contributed by atoms with E-state index in [-0.39, 0.29) is 17.5 Å². The Labute approximate surface area is 121 Å². The lowest BCUT2D eigenvalue weighted by molar-refractivity contribution is 0.101. The molecule has 1 amide bonds. The zero-order valence-corrected chi connectivity index (χ0v) is 11.6. The first-order valence-corrected chi connectivity index (χ1v) is 6.74. The van der Waals surface area contributed by atoms with Crippen molar-refractivity contribution in [2.45, 2.75) is 13.5 Å². The normalized spacial score (nSPS) is 10.7. The maximum Gasteiger partial charge on any atom is 0.273 e. The van der Waals surface area contributed by atoms with Gasteiger partial charge in [-0.05, 0) is 31.2 Å². The predicted octanol–water partition coefficient (Wildman–Crippen LogP) is 3.01. The number of aromatic nitrogens is 2. The Kier molecular flexibility index (Phi) is 3.31. The lowest BCUT2D eigenvalue weighted by atomic mass is 10.2. The van der Waals surface area contributed by atoms with Gasteiger partial charge in [-0.1, -0.05) is 18.2 Å². The van der Waals surface area contributed by atoms with E-state index >= 15 is 0 Å². The number of nitrogens with zero attached hydrogens (tertiary/aromatic N) is 2. The molecule has 0 unspecified atom stereocenters. The first-order chi connectivity index (χ1) is 10.2. The van der Waals surface area contributed by atoms with Crippen LogP contribution in [0.25, 0.3) is 10.9 Å². The van der Waals surface area contributed by atoms with Crippen molar-refractivity contribution >= 4 is 22.6 Å². The van der Waals surface area contributed by atoms with E-state index in [1.165, 1.54) is 12.3 Å². The van der Waals surface area contributed by atoms with Crippen LogP contribution in [0.15, 0.2) is 48.7 Å². The second kappa shape index (κ2) is 5.28. The number of anilines is 1. The third-order valence-electron chi connectivity index (χ3n) is 3.38. The molecule has 5 heteroatoms. The number of hydrogen-bond donors (Lipinski definition) is 2. The van der Waals surface area contributed by atoms with Crippen molar-refractivity contribution < 1.29 is 9.90 Å². The van der Waals surface area contributed by atoms with Crippen molar-refractivity contribution in [1.29, 1.82) is 0 Å². The number of aromatic hydroxyl groups is 1. The van der Waals surface area contributed by atoms with Crippen LogP contribution < -0.4 is 5.32 Å². The van der Waals surface area contributed by atoms with Crippen LogP contribution in [-0.4, -0.2) is 20.6 Å². The quantitative estimate of drug-likeness (QED) is 0.775. The summed E-state index contributed by atoms with van der Waals surface area (Å²) >= 11 is 0. The molecule has 0 saturated carbocycles. The van der Waals surface area contributed by atoms with Gasteiger partial charge in [0, 0.05) is 23.6 Å².